The van der Waals surface area contributed by atoms with E-state index in [-0.39, 0.29) is 0 Å². The Morgan fingerprint density at radius 1 is 1.04 bits per heavy atom. The summed E-state index contributed by atoms with van der Waals surface area (Å²) in [5, 5.41) is 1.46. The summed E-state index contributed by atoms with van der Waals surface area (Å²) < 4.78 is 0. The molecular formula is C19H17Cl2N3. The average molecular weight is 358 g/mol. The Kier molecular flexibility index (Phi) is 3.99. The molecule has 2 aromatic carbocycles. The van der Waals surface area contributed by atoms with Crippen LogP contribution >= 0.6 is 23.2 Å². The van der Waals surface area contributed by atoms with E-state index in [1.54, 1.807) is 0 Å². The first-order chi connectivity index (χ1) is 11.6. The zero-order valence-corrected chi connectivity index (χ0v) is 14.8. The Labute approximate surface area is 151 Å². The number of fused-ring (bicyclic) bond motifs is 2. The van der Waals surface area contributed by atoms with Crippen LogP contribution in [-0.4, -0.2) is 31.4 Å². The normalized spacial score (nSPS) is 16.8. The zero-order valence-electron chi connectivity index (χ0n) is 13.3. The highest BCUT2D eigenvalue weighted by Gasteiger charge is 2.26. The maximum absolute atomic E-state index is 6.47. The first-order valence-corrected chi connectivity index (χ1v) is 8.67. The lowest BCUT2D eigenvalue weighted by molar-refractivity contribution is 0.578. The summed E-state index contributed by atoms with van der Waals surface area (Å²) in [6.45, 7) is 1.67. The highest BCUT2D eigenvalue weighted by molar-refractivity contribution is 6.33. The molecule has 0 saturated heterocycles. The van der Waals surface area contributed by atoms with Gasteiger partial charge in [0.2, 0.25) is 0 Å². The number of hydrogen-bond donors (Lipinski definition) is 0. The molecule has 2 aliphatic heterocycles. The van der Waals surface area contributed by atoms with E-state index in [2.05, 4.69) is 20.9 Å². The second-order valence-corrected chi connectivity index (χ2v) is 6.94. The molecule has 2 aromatic rings. The molecule has 0 amide bonds. The number of aliphatic imine (C=N–C) groups is 1. The van der Waals surface area contributed by atoms with Crippen molar-refractivity contribution in [3.8, 4) is 0 Å². The Morgan fingerprint density at radius 2 is 1.88 bits per heavy atom. The van der Waals surface area contributed by atoms with Crippen molar-refractivity contribution in [3.05, 3.63) is 63.8 Å². The van der Waals surface area contributed by atoms with Gasteiger partial charge in [0, 0.05) is 48.4 Å². The highest BCUT2D eigenvalue weighted by atomic mass is 35.5. The van der Waals surface area contributed by atoms with Gasteiger partial charge in [0.1, 0.15) is 0 Å². The molecule has 122 valence electrons. The van der Waals surface area contributed by atoms with E-state index >= 15 is 0 Å². The monoisotopic (exact) mass is 357 g/mol. The molecule has 0 fully saturated rings. The number of rotatable bonds is 1. The molecule has 0 spiro atoms. The smallest absolute Gasteiger partial charge is 0.0908 e. The van der Waals surface area contributed by atoms with Crippen LogP contribution < -0.4 is 4.90 Å². The van der Waals surface area contributed by atoms with Crippen LogP contribution in [0.15, 0.2) is 53.2 Å². The largest absolute Gasteiger partial charge is 0.361 e. The molecule has 0 bridgehead atoms. The molecule has 0 aromatic heterocycles. The lowest BCUT2D eigenvalue weighted by atomic mass is 10.0. The van der Waals surface area contributed by atoms with E-state index in [9.17, 15) is 0 Å². The van der Waals surface area contributed by atoms with Crippen molar-refractivity contribution in [3.63, 3.8) is 0 Å². The van der Waals surface area contributed by atoms with Crippen molar-refractivity contribution < 1.29 is 0 Å². The summed E-state index contributed by atoms with van der Waals surface area (Å²) in [6, 6.07) is 14.0. The predicted molar refractivity (Wildman–Crippen MR) is 103 cm³/mol. The summed E-state index contributed by atoms with van der Waals surface area (Å²) in [4.78, 5) is 9.00. The standard InChI is InChI=1S/C19H17Cl2N3/c1-23-11-15-14-7-6-13(20)10-19(14)24(9-8-17(15)22-12-23)18-5-3-2-4-16(18)21/h2-7,10,12H,8-9,11H2,1H3. The molecule has 0 saturated carbocycles. The third-order valence-corrected chi connectivity index (χ3v) is 5.01. The Hall–Kier alpha value is -1.97. The van der Waals surface area contributed by atoms with Crippen molar-refractivity contribution in [2.24, 2.45) is 4.99 Å². The van der Waals surface area contributed by atoms with Crippen molar-refractivity contribution >= 4 is 46.5 Å². The fourth-order valence-electron chi connectivity index (χ4n) is 3.33. The second kappa shape index (κ2) is 6.15. The van der Waals surface area contributed by atoms with Gasteiger partial charge in [-0.2, -0.15) is 0 Å². The number of nitrogens with zero attached hydrogens (tertiary/aromatic N) is 3. The third kappa shape index (κ3) is 2.68. The van der Waals surface area contributed by atoms with Crippen LogP contribution in [0.25, 0.3) is 5.57 Å². The third-order valence-electron chi connectivity index (χ3n) is 4.46. The van der Waals surface area contributed by atoms with Crippen LogP contribution in [0.1, 0.15) is 12.0 Å². The molecule has 2 aliphatic rings. The number of para-hydroxylation sites is 1. The van der Waals surface area contributed by atoms with Crippen molar-refractivity contribution in [2.75, 3.05) is 25.0 Å². The van der Waals surface area contributed by atoms with E-state index < -0.39 is 0 Å². The molecule has 4 rings (SSSR count). The van der Waals surface area contributed by atoms with E-state index in [1.807, 2.05) is 49.8 Å². The highest BCUT2D eigenvalue weighted by Crippen LogP contribution is 2.42. The minimum Gasteiger partial charge on any atom is -0.361 e. The maximum atomic E-state index is 6.47. The van der Waals surface area contributed by atoms with Gasteiger partial charge < -0.3 is 9.80 Å². The van der Waals surface area contributed by atoms with Gasteiger partial charge in [-0.15, -0.1) is 0 Å². The molecule has 5 heteroatoms. The van der Waals surface area contributed by atoms with Crippen LogP contribution in [0.5, 0.6) is 0 Å². The summed E-state index contributed by atoms with van der Waals surface area (Å²) >= 11 is 12.8. The Morgan fingerprint density at radius 3 is 2.71 bits per heavy atom. The molecule has 0 atom stereocenters. The number of anilines is 2. The summed E-state index contributed by atoms with van der Waals surface area (Å²) in [6.07, 6.45) is 2.77. The molecule has 0 aliphatic carbocycles. The SMILES string of the molecule is CN1C=NC2=C(C1)c1ccc(Cl)cc1N(c1ccccc1Cl)CC2. The molecule has 2 heterocycles. The Balaban J connectivity index is 1.90. The number of halogens is 2. The van der Waals surface area contributed by atoms with Gasteiger partial charge in [0.25, 0.3) is 0 Å². The van der Waals surface area contributed by atoms with Crippen molar-refractivity contribution in [1.82, 2.24) is 4.90 Å². The van der Waals surface area contributed by atoms with Crippen molar-refractivity contribution in [1.29, 1.82) is 0 Å². The molecule has 24 heavy (non-hydrogen) atoms. The topological polar surface area (TPSA) is 18.8 Å². The van der Waals surface area contributed by atoms with Gasteiger partial charge in [0.15, 0.2) is 0 Å². The lowest BCUT2D eigenvalue weighted by Gasteiger charge is -2.27. The fraction of sp³-hybridized carbons (Fsp3) is 0.211. The average Bonchev–Trinajstić information content (AvgIpc) is 2.72. The number of benzene rings is 2. The van der Waals surface area contributed by atoms with Crippen LogP contribution in [0.4, 0.5) is 11.4 Å². The zero-order chi connectivity index (χ0) is 16.7. The van der Waals surface area contributed by atoms with Gasteiger partial charge in [-0.3, -0.25) is 0 Å². The summed E-state index contributed by atoms with van der Waals surface area (Å²) in [5.74, 6) is 0. The fourth-order valence-corrected chi connectivity index (χ4v) is 3.73. The molecule has 3 nitrogen and oxygen atoms in total. The lowest BCUT2D eigenvalue weighted by Crippen LogP contribution is -2.22. The van der Waals surface area contributed by atoms with E-state index in [0.29, 0.717) is 0 Å². The van der Waals surface area contributed by atoms with Gasteiger partial charge >= 0.3 is 0 Å². The van der Waals surface area contributed by atoms with Crippen LogP contribution in [-0.2, 0) is 0 Å². The van der Waals surface area contributed by atoms with E-state index in [4.69, 9.17) is 23.2 Å². The minimum absolute atomic E-state index is 0.725. The predicted octanol–water partition coefficient (Wildman–Crippen LogP) is 5.22. The first kappa shape index (κ1) is 15.6. The molecular weight excluding hydrogens is 341 g/mol. The van der Waals surface area contributed by atoms with Gasteiger partial charge in [-0.05, 0) is 24.3 Å². The Bertz CT molecular complexity index is 857. The van der Waals surface area contributed by atoms with Gasteiger partial charge in [0.05, 0.1) is 22.7 Å². The van der Waals surface area contributed by atoms with Crippen LogP contribution in [0.2, 0.25) is 10.0 Å². The van der Waals surface area contributed by atoms with Crippen LogP contribution in [0, 0.1) is 0 Å². The van der Waals surface area contributed by atoms with Crippen molar-refractivity contribution in [2.45, 2.75) is 6.42 Å². The van der Waals surface area contributed by atoms with E-state index in [1.165, 1.54) is 11.1 Å². The first-order valence-electron chi connectivity index (χ1n) is 7.92. The molecule has 0 unspecified atom stereocenters. The maximum Gasteiger partial charge on any atom is 0.0908 e. The van der Waals surface area contributed by atoms with Gasteiger partial charge in [-0.25, -0.2) is 4.99 Å². The summed E-state index contributed by atoms with van der Waals surface area (Å²) in [5.41, 5.74) is 5.67. The van der Waals surface area contributed by atoms with Crippen LogP contribution in [0.3, 0.4) is 0 Å². The number of likely N-dealkylation sites (N-methyl/N-ethyl adjacent to an activating group) is 1. The quantitative estimate of drug-likeness (QED) is 0.696. The minimum atomic E-state index is 0.725. The second-order valence-electron chi connectivity index (χ2n) is 6.10. The number of hydrogen-bond acceptors (Lipinski definition) is 3. The van der Waals surface area contributed by atoms with Gasteiger partial charge in [-0.1, -0.05) is 41.4 Å². The van der Waals surface area contributed by atoms with E-state index in [0.717, 1.165) is 46.6 Å². The molecule has 0 radical (unpaired) electrons. The summed E-state index contributed by atoms with van der Waals surface area (Å²) in [7, 11) is 2.04. The molecule has 0 N–H and O–H groups in total.